The molecule has 1 aromatic carbocycles. The second-order valence-electron chi connectivity index (χ2n) is 4.60. The molecule has 0 aliphatic rings. The van der Waals surface area contributed by atoms with Gasteiger partial charge in [-0.05, 0) is 31.8 Å². The fraction of sp³-hybridized carbons (Fsp3) is 0.462. The third kappa shape index (κ3) is 5.28. The number of carbonyl (C=O) groups excluding carboxylic acids is 1. The monoisotopic (exact) mass is 300 g/mol. The standard InChI is InChI=1S/C13H20N2O4S/c1-15(2)9-8-14-20(17,18)12-6-4-11(5-7-12)10-13(16)19-3/h4-7,14H,8-10H2,1-3H3. The van der Waals surface area contributed by atoms with Gasteiger partial charge in [0.1, 0.15) is 0 Å². The lowest BCUT2D eigenvalue weighted by Crippen LogP contribution is -2.31. The molecule has 0 bridgehead atoms. The smallest absolute Gasteiger partial charge is 0.309 e. The van der Waals surface area contributed by atoms with Gasteiger partial charge in [0.05, 0.1) is 18.4 Å². The predicted octanol–water partition coefficient (Wildman–Crippen LogP) is 0.242. The maximum absolute atomic E-state index is 12.0. The predicted molar refractivity (Wildman–Crippen MR) is 75.9 cm³/mol. The van der Waals surface area contributed by atoms with Gasteiger partial charge in [0.25, 0.3) is 0 Å². The molecule has 0 aliphatic heterocycles. The Morgan fingerprint density at radius 3 is 2.35 bits per heavy atom. The van der Waals surface area contributed by atoms with Gasteiger partial charge in [-0.2, -0.15) is 0 Å². The van der Waals surface area contributed by atoms with Gasteiger partial charge >= 0.3 is 5.97 Å². The van der Waals surface area contributed by atoms with E-state index in [4.69, 9.17) is 0 Å². The molecule has 0 amide bonds. The zero-order valence-electron chi connectivity index (χ0n) is 11.9. The van der Waals surface area contributed by atoms with Crippen LogP contribution in [-0.2, 0) is 26.0 Å². The zero-order valence-corrected chi connectivity index (χ0v) is 12.7. The minimum atomic E-state index is -3.50. The number of hydrogen-bond acceptors (Lipinski definition) is 5. The first-order chi connectivity index (χ1) is 9.35. The van der Waals surface area contributed by atoms with Crippen molar-refractivity contribution >= 4 is 16.0 Å². The van der Waals surface area contributed by atoms with Crippen molar-refractivity contribution in [2.45, 2.75) is 11.3 Å². The number of benzene rings is 1. The van der Waals surface area contributed by atoms with Crippen LogP contribution < -0.4 is 4.72 Å². The van der Waals surface area contributed by atoms with E-state index < -0.39 is 10.0 Å². The van der Waals surface area contributed by atoms with E-state index in [2.05, 4.69) is 9.46 Å². The molecule has 0 aliphatic carbocycles. The van der Waals surface area contributed by atoms with Crippen LogP contribution in [0.5, 0.6) is 0 Å². The summed E-state index contributed by atoms with van der Waals surface area (Å²) >= 11 is 0. The molecule has 0 atom stereocenters. The highest BCUT2D eigenvalue weighted by Gasteiger charge is 2.13. The van der Waals surface area contributed by atoms with E-state index in [1.54, 1.807) is 12.1 Å². The van der Waals surface area contributed by atoms with E-state index in [0.717, 1.165) is 0 Å². The highest BCUT2D eigenvalue weighted by atomic mass is 32.2. The molecule has 0 radical (unpaired) electrons. The number of sulfonamides is 1. The van der Waals surface area contributed by atoms with E-state index in [1.165, 1.54) is 19.2 Å². The number of esters is 1. The molecule has 0 saturated heterocycles. The summed E-state index contributed by atoms with van der Waals surface area (Å²) in [5.74, 6) is -0.357. The van der Waals surface area contributed by atoms with Crippen molar-refractivity contribution in [3.8, 4) is 0 Å². The van der Waals surface area contributed by atoms with Gasteiger partial charge in [-0.1, -0.05) is 12.1 Å². The summed E-state index contributed by atoms with van der Waals surface area (Å²) < 4.78 is 31.0. The van der Waals surface area contributed by atoms with Crippen molar-refractivity contribution in [3.63, 3.8) is 0 Å². The molecule has 1 rings (SSSR count). The molecule has 6 nitrogen and oxygen atoms in total. The fourth-order valence-corrected chi connectivity index (χ4v) is 2.53. The van der Waals surface area contributed by atoms with Crippen molar-refractivity contribution in [3.05, 3.63) is 29.8 Å². The quantitative estimate of drug-likeness (QED) is 0.730. The number of likely N-dealkylation sites (N-methyl/N-ethyl adjacent to an activating group) is 1. The molecule has 20 heavy (non-hydrogen) atoms. The Morgan fingerprint density at radius 1 is 1.25 bits per heavy atom. The van der Waals surface area contributed by atoms with E-state index in [9.17, 15) is 13.2 Å². The van der Waals surface area contributed by atoms with Crippen molar-refractivity contribution < 1.29 is 17.9 Å². The largest absolute Gasteiger partial charge is 0.469 e. The molecule has 112 valence electrons. The normalized spacial score (nSPS) is 11.6. The molecular weight excluding hydrogens is 280 g/mol. The van der Waals surface area contributed by atoms with Crippen molar-refractivity contribution in [2.24, 2.45) is 0 Å². The summed E-state index contributed by atoms with van der Waals surface area (Å²) in [6, 6.07) is 6.18. The van der Waals surface area contributed by atoms with Crippen molar-refractivity contribution in [1.82, 2.24) is 9.62 Å². The first kappa shape index (κ1) is 16.6. The molecule has 1 N–H and O–H groups in total. The fourth-order valence-electron chi connectivity index (χ4n) is 1.51. The highest BCUT2D eigenvalue weighted by molar-refractivity contribution is 7.89. The van der Waals surface area contributed by atoms with Crippen molar-refractivity contribution in [1.29, 1.82) is 0 Å². The summed E-state index contributed by atoms with van der Waals surface area (Å²) in [6.45, 7) is 0.971. The Hall–Kier alpha value is -1.44. The molecule has 0 saturated carbocycles. The van der Waals surface area contributed by atoms with Gasteiger partial charge in [-0.15, -0.1) is 0 Å². The Bertz CT molecular complexity index is 538. The van der Waals surface area contributed by atoms with E-state index >= 15 is 0 Å². The Morgan fingerprint density at radius 2 is 1.85 bits per heavy atom. The minimum Gasteiger partial charge on any atom is -0.469 e. The molecule has 7 heteroatoms. The summed E-state index contributed by atoms with van der Waals surface area (Å²) in [5.41, 5.74) is 0.712. The van der Waals surface area contributed by atoms with E-state index in [0.29, 0.717) is 18.7 Å². The number of hydrogen-bond donors (Lipinski definition) is 1. The summed E-state index contributed by atoms with van der Waals surface area (Å²) in [6.07, 6.45) is 0.130. The summed E-state index contributed by atoms with van der Waals surface area (Å²) in [7, 11) is 1.56. The van der Waals surface area contributed by atoms with Gasteiger partial charge in [-0.3, -0.25) is 4.79 Å². The van der Waals surface area contributed by atoms with Gasteiger partial charge < -0.3 is 9.64 Å². The maximum atomic E-state index is 12.0. The molecular formula is C13H20N2O4S. The summed E-state index contributed by atoms with van der Waals surface area (Å²) in [4.78, 5) is 13.2. The molecule has 0 heterocycles. The van der Waals surface area contributed by atoms with Crippen molar-refractivity contribution in [2.75, 3.05) is 34.3 Å². The van der Waals surface area contributed by atoms with Gasteiger partial charge in [-0.25, -0.2) is 13.1 Å². The first-order valence-corrected chi connectivity index (χ1v) is 7.63. The second kappa shape index (κ2) is 7.37. The summed E-state index contributed by atoms with van der Waals surface area (Å²) in [5, 5.41) is 0. The Kier molecular flexibility index (Phi) is 6.12. The average Bonchev–Trinajstić information content (AvgIpc) is 2.38. The topological polar surface area (TPSA) is 75.7 Å². The van der Waals surface area contributed by atoms with Crippen LogP contribution in [0.4, 0.5) is 0 Å². The molecule has 1 aromatic rings. The van der Waals surface area contributed by atoms with Gasteiger partial charge in [0.15, 0.2) is 0 Å². The number of carbonyl (C=O) groups is 1. The third-order valence-corrected chi connectivity index (χ3v) is 4.14. The van der Waals surface area contributed by atoms with Crippen LogP contribution in [0.1, 0.15) is 5.56 Å². The number of methoxy groups -OCH3 is 1. The molecule has 0 fully saturated rings. The second-order valence-corrected chi connectivity index (χ2v) is 6.36. The lowest BCUT2D eigenvalue weighted by molar-refractivity contribution is -0.139. The van der Waals surface area contributed by atoms with Crippen LogP contribution in [0, 0.1) is 0 Å². The minimum absolute atomic E-state index is 0.130. The first-order valence-electron chi connectivity index (χ1n) is 6.15. The van der Waals surface area contributed by atoms with Gasteiger partial charge in [0.2, 0.25) is 10.0 Å². The lowest BCUT2D eigenvalue weighted by atomic mass is 10.2. The molecule has 0 unspecified atom stereocenters. The lowest BCUT2D eigenvalue weighted by Gasteiger charge is -2.11. The number of ether oxygens (including phenoxy) is 1. The number of rotatable bonds is 7. The van der Waals surface area contributed by atoms with E-state index in [1.807, 2.05) is 19.0 Å². The zero-order chi connectivity index (χ0) is 15.2. The Balaban J connectivity index is 2.69. The Labute approximate surface area is 119 Å². The maximum Gasteiger partial charge on any atom is 0.309 e. The van der Waals surface area contributed by atoms with Gasteiger partial charge in [0, 0.05) is 13.1 Å². The van der Waals surface area contributed by atoms with Crippen LogP contribution in [-0.4, -0.2) is 53.6 Å². The van der Waals surface area contributed by atoms with E-state index in [-0.39, 0.29) is 17.3 Å². The van der Waals surface area contributed by atoms with Crippen LogP contribution in [0.25, 0.3) is 0 Å². The number of nitrogens with zero attached hydrogens (tertiary/aromatic N) is 1. The molecule has 0 spiro atoms. The third-order valence-electron chi connectivity index (χ3n) is 2.66. The van der Waals surface area contributed by atoms with Crippen LogP contribution in [0.3, 0.4) is 0 Å². The SMILES string of the molecule is COC(=O)Cc1ccc(S(=O)(=O)NCCN(C)C)cc1. The average molecular weight is 300 g/mol. The van der Waals surface area contributed by atoms with Crippen LogP contribution in [0.2, 0.25) is 0 Å². The molecule has 0 aromatic heterocycles. The van der Waals surface area contributed by atoms with Crippen LogP contribution in [0.15, 0.2) is 29.2 Å². The number of nitrogens with one attached hydrogen (secondary N) is 1. The van der Waals surface area contributed by atoms with Crippen LogP contribution >= 0.6 is 0 Å². The highest BCUT2D eigenvalue weighted by Crippen LogP contribution is 2.11.